The van der Waals surface area contributed by atoms with E-state index in [1.54, 1.807) is 7.11 Å². The van der Waals surface area contributed by atoms with E-state index < -0.39 is 0 Å². The van der Waals surface area contributed by atoms with Gasteiger partial charge in [0.2, 0.25) is 5.91 Å². The number of piperazine rings is 1. The summed E-state index contributed by atoms with van der Waals surface area (Å²) in [4.78, 5) is 17.7. The number of carbonyl (C=O) groups excluding carboxylic acids is 1. The Hall–Kier alpha value is -2.69. The van der Waals surface area contributed by atoms with Crippen molar-refractivity contribution in [2.45, 2.75) is 26.3 Å². The zero-order valence-electron chi connectivity index (χ0n) is 16.9. The van der Waals surface area contributed by atoms with Crippen LogP contribution in [0.15, 0.2) is 42.5 Å². The smallest absolute Gasteiger partial charge is 0.225 e. The molecule has 28 heavy (non-hydrogen) atoms. The molecule has 5 heteroatoms. The average molecular weight is 380 g/mol. The Labute approximate surface area is 167 Å². The van der Waals surface area contributed by atoms with E-state index in [4.69, 9.17) is 4.74 Å². The SMILES string of the molecule is CCNC(=O)[C@H]1Cc2ccc(OC)cc2N2CCN(c3ccc(C)cc3)C[C@H]12. The van der Waals surface area contributed by atoms with Crippen molar-refractivity contribution in [3.8, 4) is 5.75 Å². The molecule has 148 valence electrons. The first-order valence-corrected chi connectivity index (χ1v) is 10.1. The summed E-state index contributed by atoms with van der Waals surface area (Å²) in [5.74, 6) is 0.980. The maximum Gasteiger partial charge on any atom is 0.225 e. The highest BCUT2D eigenvalue weighted by Gasteiger charge is 2.41. The zero-order valence-corrected chi connectivity index (χ0v) is 16.9. The van der Waals surface area contributed by atoms with Crippen LogP contribution in [0.5, 0.6) is 5.75 Å². The van der Waals surface area contributed by atoms with Crippen molar-refractivity contribution in [3.05, 3.63) is 53.6 Å². The molecule has 5 nitrogen and oxygen atoms in total. The molecule has 0 spiro atoms. The van der Waals surface area contributed by atoms with Crippen LogP contribution in [0.25, 0.3) is 0 Å². The molecule has 2 atom stereocenters. The number of amides is 1. The first-order chi connectivity index (χ1) is 13.6. The molecule has 2 aliphatic rings. The Kier molecular flexibility index (Phi) is 5.16. The second kappa shape index (κ2) is 7.74. The summed E-state index contributed by atoms with van der Waals surface area (Å²) in [6.45, 7) is 7.45. The number of hydrogen-bond donors (Lipinski definition) is 1. The number of nitrogens with zero attached hydrogens (tertiary/aromatic N) is 2. The van der Waals surface area contributed by atoms with Crippen LogP contribution >= 0.6 is 0 Å². The van der Waals surface area contributed by atoms with Gasteiger partial charge in [-0.2, -0.15) is 0 Å². The number of hydrogen-bond acceptors (Lipinski definition) is 4. The van der Waals surface area contributed by atoms with Crippen LogP contribution in [-0.4, -0.2) is 45.2 Å². The Morgan fingerprint density at radius 2 is 1.96 bits per heavy atom. The highest BCUT2D eigenvalue weighted by molar-refractivity contribution is 5.82. The van der Waals surface area contributed by atoms with Crippen molar-refractivity contribution >= 4 is 17.3 Å². The van der Waals surface area contributed by atoms with Gasteiger partial charge in [0.1, 0.15) is 5.75 Å². The van der Waals surface area contributed by atoms with Crippen LogP contribution in [0.4, 0.5) is 11.4 Å². The largest absolute Gasteiger partial charge is 0.497 e. The third kappa shape index (κ3) is 3.41. The Morgan fingerprint density at radius 3 is 2.68 bits per heavy atom. The molecule has 2 heterocycles. The maximum atomic E-state index is 12.9. The molecule has 0 aromatic heterocycles. The fraction of sp³-hybridized carbons (Fsp3) is 0.435. The lowest BCUT2D eigenvalue weighted by molar-refractivity contribution is -0.125. The lowest BCUT2D eigenvalue weighted by Crippen LogP contribution is -2.61. The van der Waals surface area contributed by atoms with E-state index in [1.807, 2.05) is 13.0 Å². The summed E-state index contributed by atoms with van der Waals surface area (Å²) in [5.41, 5.74) is 4.95. The van der Waals surface area contributed by atoms with E-state index in [9.17, 15) is 4.79 Å². The summed E-state index contributed by atoms with van der Waals surface area (Å²) >= 11 is 0. The highest BCUT2D eigenvalue weighted by Crippen LogP contribution is 2.38. The number of nitrogens with one attached hydrogen (secondary N) is 1. The second-order valence-corrected chi connectivity index (χ2v) is 7.74. The molecule has 2 aliphatic heterocycles. The van der Waals surface area contributed by atoms with E-state index in [0.717, 1.165) is 31.8 Å². The minimum Gasteiger partial charge on any atom is -0.497 e. The molecule has 1 saturated heterocycles. The van der Waals surface area contributed by atoms with Crippen LogP contribution in [0, 0.1) is 12.8 Å². The minimum absolute atomic E-state index is 0.0471. The summed E-state index contributed by atoms with van der Waals surface area (Å²) < 4.78 is 5.46. The number of benzene rings is 2. The zero-order chi connectivity index (χ0) is 19.7. The van der Waals surface area contributed by atoms with E-state index in [-0.39, 0.29) is 17.9 Å². The predicted molar refractivity (Wildman–Crippen MR) is 113 cm³/mol. The van der Waals surface area contributed by atoms with Gasteiger partial charge >= 0.3 is 0 Å². The van der Waals surface area contributed by atoms with Gasteiger partial charge in [0, 0.05) is 43.6 Å². The number of rotatable bonds is 4. The number of fused-ring (bicyclic) bond motifs is 3. The topological polar surface area (TPSA) is 44.8 Å². The van der Waals surface area contributed by atoms with Gasteiger partial charge in [-0.15, -0.1) is 0 Å². The monoisotopic (exact) mass is 379 g/mol. The standard InChI is InChI=1S/C23H29N3O2/c1-4-24-23(27)20-13-17-7-10-19(28-3)14-21(17)26-12-11-25(15-22(20)26)18-8-5-16(2)6-9-18/h5-10,14,20,22H,4,11-13,15H2,1-3H3,(H,24,27)/t20-,22+/m0/s1. The van der Waals surface area contributed by atoms with Crippen molar-refractivity contribution in [1.82, 2.24) is 5.32 Å². The molecule has 1 amide bonds. The van der Waals surface area contributed by atoms with Gasteiger partial charge in [-0.3, -0.25) is 4.79 Å². The molecule has 0 unspecified atom stereocenters. The summed E-state index contributed by atoms with van der Waals surface area (Å²) in [6.07, 6.45) is 0.772. The molecule has 0 bridgehead atoms. The Morgan fingerprint density at radius 1 is 1.18 bits per heavy atom. The lowest BCUT2D eigenvalue weighted by Gasteiger charge is -2.49. The van der Waals surface area contributed by atoms with E-state index in [0.29, 0.717) is 6.54 Å². The van der Waals surface area contributed by atoms with Crippen LogP contribution < -0.4 is 19.9 Å². The van der Waals surface area contributed by atoms with Crippen molar-refractivity contribution < 1.29 is 9.53 Å². The minimum atomic E-state index is -0.0471. The first kappa shape index (κ1) is 18.7. The highest BCUT2D eigenvalue weighted by atomic mass is 16.5. The van der Waals surface area contributed by atoms with Crippen molar-refractivity contribution in [2.75, 3.05) is 43.1 Å². The maximum absolute atomic E-state index is 12.9. The van der Waals surface area contributed by atoms with E-state index >= 15 is 0 Å². The molecule has 1 N–H and O–H groups in total. The molecule has 0 aliphatic carbocycles. The van der Waals surface area contributed by atoms with Crippen molar-refractivity contribution in [3.63, 3.8) is 0 Å². The third-order valence-corrected chi connectivity index (χ3v) is 6.01. The molecular formula is C23H29N3O2. The summed E-state index contributed by atoms with van der Waals surface area (Å²) in [6, 6.07) is 15.1. The van der Waals surface area contributed by atoms with Crippen molar-refractivity contribution in [2.24, 2.45) is 5.92 Å². The fourth-order valence-electron chi connectivity index (χ4n) is 4.50. The predicted octanol–water partition coefficient (Wildman–Crippen LogP) is 3.01. The summed E-state index contributed by atoms with van der Waals surface area (Å²) in [5, 5.41) is 3.05. The average Bonchev–Trinajstić information content (AvgIpc) is 2.73. The molecule has 1 fully saturated rings. The normalized spacial score (nSPS) is 21.0. The third-order valence-electron chi connectivity index (χ3n) is 6.01. The molecule has 4 rings (SSSR count). The fourth-order valence-corrected chi connectivity index (χ4v) is 4.50. The molecule has 2 aromatic rings. The molecular weight excluding hydrogens is 350 g/mol. The van der Waals surface area contributed by atoms with Gasteiger partial charge in [-0.05, 0) is 44.0 Å². The van der Waals surface area contributed by atoms with Crippen LogP contribution in [0.2, 0.25) is 0 Å². The van der Waals surface area contributed by atoms with Gasteiger partial charge in [0.25, 0.3) is 0 Å². The molecule has 2 aromatic carbocycles. The van der Waals surface area contributed by atoms with Crippen LogP contribution in [0.3, 0.4) is 0 Å². The molecule has 0 saturated carbocycles. The lowest BCUT2D eigenvalue weighted by atomic mass is 9.83. The van der Waals surface area contributed by atoms with Crippen LogP contribution in [-0.2, 0) is 11.2 Å². The van der Waals surface area contributed by atoms with Crippen LogP contribution in [0.1, 0.15) is 18.1 Å². The van der Waals surface area contributed by atoms with E-state index in [1.165, 1.54) is 22.5 Å². The number of anilines is 2. The molecule has 0 radical (unpaired) electrons. The van der Waals surface area contributed by atoms with Crippen molar-refractivity contribution in [1.29, 1.82) is 0 Å². The van der Waals surface area contributed by atoms with Gasteiger partial charge in [0.05, 0.1) is 19.1 Å². The number of methoxy groups -OCH3 is 1. The van der Waals surface area contributed by atoms with Gasteiger partial charge < -0.3 is 19.9 Å². The van der Waals surface area contributed by atoms with Gasteiger partial charge in [0.15, 0.2) is 0 Å². The van der Waals surface area contributed by atoms with Gasteiger partial charge in [-0.25, -0.2) is 0 Å². The first-order valence-electron chi connectivity index (χ1n) is 10.1. The second-order valence-electron chi connectivity index (χ2n) is 7.74. The Bertz CT molecular complexity index is 849. The number of carbonyl (C=O) groups is 1. The van der Waals surface area contributed by atoms with E-state index in [2.05, 4.69) is 58.4 Å². The Balaban J connectivity index is 1.67. The van der Waals surface area contributed by atoms with Gasteiger partial charge in [-0.1, -0.05) is 23.8 Å². The quantitative estimate of drug-likeness (QED) is 0.887. The number of ether oxygens (including phenoxy) is 1. The number of aryl methyl sites for hydroxylation is 1. The summed E-state index contributed by atoms with van der Waals surface area (Å²) in [7, 11) is 1.70.